The van der Waals surface area contributed by atoms with Crippen LogP contribution in [0.5, 0.6) is 0 Å². The molecule has 0 spiro atoms. The van der Waals surface area contributed by atoms with E-state index in [-0.39, 0.29) is 61.7 Å². The lowest BCUT2D eigenvalue weighted by Crippen LogP contribution is -2.46. The molecule has 2 aromatic rings. The summed E-state index contributed by atoms with van der Waals surface area (Å²) in [6.45, 7) is 4.42. The number of carbonyl (C=O) groups is 3. The van der Waals surface area contributed by atoms with Crippen LogP contribution in [-0.4, -0.2) is 70.6 Å². The number of amides is 3. The van der Waals surface area contributed by atoms with Crippen molar-refractivity contribution in [2.45, 2.75) is 50.7 Å². The van der Waals surface area contributed by atoms with E-state index in [4.69, 9.17) is 10.8 Å². The molecule has 0 radical (unpaired) electrons. The maximum atomic E-state index is 14.0. The van der Waals surface area contributed by atoms with Gasteiger partial charge in [-0.3, -0.25) is 14.4 Å². The molecule has 41 heavy (non-hydrogen) atoms. The number of anilines is 1. The highest BCUT2D eigenvalue weighted by Gasteiger charge is 2.35. The number of halogens is 3. The molecule has 6 N–H and O–H groups in total. The number of hydrogen-bond donors (Lipinski definition) is 5. The summed E-state index contributed by atoms with van der Waals surface area (Å²) < 4.78 is 40.6. The monoisotopic (exact) mass is 595 g/mol. The molecular formula is C28H36F3N5O4S. The van der Waals surface area contributed by atoms with Gasteiger partial charge in [-0.25, -0.2) is 13.2 Å². The van der Waals surface area contributed by atoms with Gasteiger partial charge in [0.1, 0.15) is 11.9 Å². The quantitative estimate of drug-likeness (QED) is 0.224. The zero-order valence-electron chi connectivity index (χ0n) is 23.0. The molecule has 1 saturated heterocycles. The Labute approximate surface area is 241 Å². The van der Waals surface area contributed by atoms with Crippen molar-refractivity contribution in [1.82, 2.24) is 15.5 Å². The first-order valence-corrected chi connectivity index (χ1v) is 14.4. The van der Waals surface area contributed by atoms with Gasteiger partial charge in [-0.1, -0.05) is 26.0 Å². The van der Waals surface area contributed by atoms with Gasteiger partial charge in [0.25, 0.3) is 5.91 Å². The molecule has 224 valence electrons. The van der Waals surface area contributed by atoms with Gasteiger partial charge in [0.2, 0.25) is 11.8 Å². The molecule has 1 aliphatic heterocycles. The van der Waals surface area contributed by atoms with Crippen LogP contribution in [0.25, 0.3) is 0 Å². The van der Waals surface area contributed by atoms with Crippen LogP contribution in [0.3, 0.4) is 0 Å². The van der Waals surface area contributed by atoms with E-state index in [0.717, 1.165) is 17.3 Å². The van der Waals surface area contributed by atoms with E-state index in [2.05, 4.69) is 16.0 Å². The Morgan fingerprint density at radius 2 is 1.76 bits per heavy atom. The summed E-state index contributed by atoms with van der Waals surface area (Å²) in [5, 5.41) is 16.9. The normalized spacial score (nSPS) is 16.4. The predicted octanol–water partition coefficient (Wildman–Crippen LogP) is 2.13. The average molecular weight is 596 g/mol. The van der Waals surface area contributed by atoms with Gasteiger partial charge >= 0.3 is 0 Å². The molecule has 0 aliphatic carbocycles. The van der Waals surface area contributed by atoms with Gasteiger partial charge < -0.3 is 31.7 Å². The summed E-state index contributed by atoms with van der Waals surface area (Å²) in [5.74, 6) is -3.81. The van der Waals surface area contributed by atoms with Crippen LogP contribution < -0.4 is 21.7 Å². The smallest absolute Gasteiger partial charge is 0.253 e. The van der Waals surface area contributed by atoms with Gasteiger partial charge in [-0.05, 0) is 41.7 Å². The number of aliphatic hydroxyl groups excluding tert-OH is 1. The summed E-state index contributed by atoms with van der Waals surface area (Å²) in [5.41, 5.74) is 7.42. The van der Waals surface area contributed by atoms with Crippen LogP contribution in [0, 0.1) is 23.4 Å². The van der Waals surface area contributed by atoms with Crippen LogP contribution in [0.4, 0.5) is 18.9 Å². The maximum absolute atomic E-state index is 14.0. The van der Waals surface area contributed by atoms with Gasteiger partial charge in [0.05, 0.1) is 6.61 Å². The highest BCUT2D eigenvalue weighted by molar-refractivity contribution is 8.00. The third-order valence-corrected chi connectivity index (χ3v) is 7.75. The Morgan fingerprint density at radius 1 is 1.07 bits per heavy atom. The fraction of sp³-hybridized carbons (Fsp3) is 0.464. The molecule has 3 amide bonds. The topological polar surface area (TPSA) is 137 Å². The summed E-state index contributed by atoms with van der Waals surface area (Å²) in [6, 6.07) is 7.07. The third-order valence-electron chi connectivity index (χ3n) is 6.55. The SMILES string of the molecule is CC(C)[C@@H](Nc1ccc(CNC(=O)[C@@H]2SCCN2C(=O)C[C@H](N)Cc2cc(F)c(F)cc2F)cc1)C(=O)NCCO. The molecule has 13 heteroatoms. The Morgan fingerprint density at radius 3 is 2.41 bits per heavy atom. The summed E-state index contributed by atoms with van der Waals surface area (Å²) in [7, 11) is 0. The first-order valence-electron chi connectivity index (χ1n) is 13.3. The van der Waals surface area contributed by atoms with Crippen molar-refractivity contribution >= 4 is 35.2 Å². The van der Waals surface area contributed by atoms with Crippen molar-refractivity contribution in [1.29, 1.82) is 0 Å². The van der Waals surface area contributed by atoms with Crippen molar-refractivity contribution in [2.75, 3.05) is 30.8 Å². The standard InChI is InChI=1S/C28H36F3N5O4S/c1-16(2)25(26(39)33-7-9-37)35-20-5-3-17(4-6-20)15-34-27(40)28-36(8-10-41-28)24(38)13-19(32)11-18-12-22(30)23(31)14-21(18)29/h3-6,12,14,16,19,25,28,35,37H,7-11,13,15,32H2,1-2H3,(H,33,39)(H,34,40)/t19-,25-,28+/m1/s1. The van der Waals surface area contributed by atoms with Crippen molar-refractivity contribution in [3.63, 3.8) is 0 Å². The molecule has 1 aliphatic rings. The molecule has 0 unspecified atom stereocenters. The lowest BCUT2D eigenvalue weighted by atomic mass is 10.0. The van der Waals surface area contributed by atoms with E-state index in [0.29, 0.717) is 18.4 Å². The van der Waals surface area contributed by atoms with Gasteiger partial charge in [0, 0.05) is 49.6 Å². The van der Waals surface area contributed by atoms with Crippen LogP contribution >= 0.6 is 11.8 Å². The lowest BCUT2D eigenvalue weighted by Gasteiger charge is -2.24. The van der Waals surface area contributed by atoms with Crippen molar-refractivity contribution in [3.8, 4) is 0 Å². The van der Waals surface area contributed by atoms with Gasteiger partial charge in [-0.15, -0.1) is 11.8 Å². The molecule has 0 saturated carbocycles. The second kappa shape index (κ2) is 15.1. The highest BCUT2D eigenvalue weighted by atomic mass is 32.2. The number of thioether (sulfide) groups is 1. The predicted molar refractivity (Wildman–Crippen MR) is 151 cm³/mol. The highest BCUT2D eigenvalue weighted by Crippen LogP contribution is 2.25. The van der Waals surface area contributed by atoms with Crippen molar-refractivity contribution in [3.05, 3.63) is 65.0 Å². The molecule has 0 aromatic heterocycles. The van der Waals surface area contributed by atoms with Gasteiger partial charge in [0.15, 0.2) is 17.0 Å². The van der Waals surface area contributed by atoms with E-state index < -0.39 is 34.9 Å². The number of aliphatic hydroxyl groups is 1. The van der Waals surface area contributed by atoms with Crippen molar-refractivity contribution < 1.29 is 32.7 Å². The zero-order chi connectivity index (χ0) is 30.1. The molecule has 3 atom stereocenters. The Balaban J connectivity index is 1.51. The lowest BCUT2D eigenvalue weighted by molar-refractivity contribution is -0.136. The zero-order valence-corrected chi connectivity index (χ0v) is 23.8. The van der Waals surface area contributed by atoms with Crippen LogP contribution in [0.1, 0.15) is 31.4 Å². The van der Waals surface area contributed by atoms with Gasteiger partial charge in [-0.2, -0.15) is 0 Å². The second-order valence-corrected chi connectivity index (χ2v) is 11.3. The number of carbonyl (C=O) groups excluding carboxylic acids is 3. The Bertz CT molecular complexity index is 1220. The third kappa shape index (κ3) is 9.10. The van der Waals surface area contributed by atoms with E-state index in [1.54, 1.807) is 12.1 Å². The van der Waals surface area contributed by atoms with E-state index in [1.165, 1.54) is 16.7 Å². The summed E-state index contributed by atoms with van der Waals surface area (Å²) >= 11 is 1.32. The first-order chi connectivity index (χ1) is 19.5. The van der Waals surface area contributed by atoms with Crippen LogP contribution in [0.2, 0.25) is 0 Å². The fourth-order valence-corrected chi connectivity index (χ4v) is 5.52. The molecule has 1 heterocycles. The van der Waals surface area contributed by atoms with Crippen LogP contribution in [-0.2, 0) is 27.3 Å². The molecule has 1 fully saturated rings. The second-order valence-electron chi connectivity index (χ2n) is 10.1. The molecular weight excluding hydrogens is 559 g/mol. The maximum Gasteiger partial charge on any atom is 0.253 e. The number of rotatable bonds is 13. The minimum Gasteiger partial charge on any atom is -0.395 e. The number of benzene rings is 2. The van der Waals surface area contributed by atoms with E-state index in [1.807, 2.05) is 26.0 Å². The number of hydrogen-bond acceptors (Lipinski definition) is 7. The summed E-state index contributed by atoms with van der Waals surface area (Å²) in [6.07, 6.45) is -0.352. The minimum absolute atomic E-state index is 0.00357. The first kappa shape index (κ1) is 32.2. The van der Waals surface area contributed by atoms with Crippen LogP contribution in [0.15, 0.2) is 36.4 Å². The largest absolute Gasteiger partial charge is 0.395 e. The number of nitrogens with zero attached hydrogens (tertiary/aromatic N) is 1. The number of nitrogens with two attached hydrogens (primary N) is 1. The molecule has 9 nitrogen and oxygen atoms in total. The minimum atomic E-state index is -1.30. The van der Waals surface area contributed by atoms with E-state index >= 15 is 0 Å². The average Bonchev–Trinajstić information content (AvgIpc) is 3.43. The fourth-order valence-electron chi connectivity index (χ4n) is 4.36. The van der Waals surface area contributed by atoms with E-state index in [9.17, 15) is 27.6 Å². The Kier molecular flexibility index (Phi) is 11.9. The molecule has 0 bridgehead atoms. The number of nitrogens with one attached hydrogen (secondary N) is 3. The van der Waals surface area contributed by atoms with Crippen molar-refractivity contribution in [2.24, 2.45) is 11.7 Å². The summed E-state index contributed by atoms with van der Waals surface area (Å²) in [4.78, 5) is 39.6. The Hall–Kier alpha value is -3.29. The molecule has 2 aromatic carbocycles. The molecule has 3 rings (SSSR count).